The Bertz CT molecular complexity index is 1060. The zero-order chi connectivity index (χ0) is 22.9. The summed E-state index contributed by atoms with van der Waals surface area (Å²) in [5.74, 6) is 0.903. The zero-order valence-corrected chi connectivity index (χ0v) is 18.7. The van der Waals surface area contributed by atoms with Gasteiger partial charge in [-0.1, -0.05) is 47.6 Å². The normalized spacial score (nSPS) is 17.9. The smallest absolute Gasteiger partial charge is 0.410 e. The first-order chi connectivity index (χ1) is 15.2. The Morgan fingerprint density at radius 1 is 1.12 bits per heavy atom. The van der Waals surface area contributed by atoms with Gasteiger partial charge in [-0.05, 0) is 44.1 Å². The van der Waals surface area contributed by atoms with E-state index in [1.807, 2.05) is 69.3 Å². The molecule has 0 saturated carbocycles. The van der Waals surface area contributed by atoms with Gasteiger partial charge >= 0.3 is 6.09 Å². The van der Waals surface area contributed by atoms with Gasteiger partial charge in [0.2, 0.25) is 0 Å². The number of rotatable bonds is 2. The topological polar surface area (TPSA) is 97.4 Å². The Morgan fingerprint density at radius 3 is 2.41 bits per heavy atom. The minimum absolute atomic E-state index is 0.0730. The summed E-state index contributed by atoms with van der Waals surface area (Å²) < 4.78 is 12.0. The highest BCUT2D eigenvalue weighted by Crippen LogP contribution is 2.43. The summed E-state index contributed by atoms with van der Waals surface area (Å²) in [6.45, 7) is 6.74. The second-order valence-corrected chi connectivity index (χ2v) is 9.25. The maximum Gasteiger partial charge on any atom is 0.410 e. The van der Waals surface area contributed by atoms with Crippen molar-refractivity contribution in [3.05, 3.63) is 71.3 Å². The summed E-state index contributed by atoms with van der Waals surface area (Å²) in [7, 11) is 0. The highest BCUT2D eigenvalue weighted by atomic mass is 16.6. The van der Waals surface area contributed by atoms with Crippen molar-refractivity contribution in [2.75, 3.05) is 13.1 Å². The fourth-order valence-electron chi connectivity index (χ4n) is 4.13. The molecule has 7 nitrogen and oxygen atoms in total. The van der Waals surface area contributed by atoms with Gasteiger partial charge in [0, 0.05) is 37.1 Å². The van der Waals surface area contributed by atoms with Gasteiger partial charge in [-0.25, -0.2) is 4.79 Å². The van der Waals surface area contributed by atoms with Crippen LogP contribution in [-0.2, 0) is 4.74 Å². The lowest BCUT2D eigenvalue weighted by molar-refractivity contribution is -0.00115. The van der Waals surface area contributed by atoms with Crippen LogP contribution in [0, 0.1) is 0 Å². The number of nitrogens with two attached hydrogens (primary N) is 1. The van der Waals surface area contributed by atoms with E-state index in [4.69, 9.17) is 20.4 Å². The minimum atomic E-state index is -0.518. The third kappa shape index (κ3) is 4.42. The number of para-hydroxylation sites is 1. The van der Waals surface area contributed by atoms with Crippen LogP contribution < -0.4 is 10.5 Å². The molecule has 2 aromatic carbocycles. The molecule has 0 atom stereocenters. The van der Waals surface area contributed by atoms with Gasteiger partial charge in [0.1, 0.15) is 17.0 Å². The van der Waals surface area contributed by atoms with Crippen molar-refractivity contribution < 1.29 is 19.5 Å². The van der Waals surface area contributed by atoms with E-state index in [1.54, 1.807) is 4.90 Å². The molecule has 1 fully saturated rings. The van der Waals surface area contributed by atoms with Crippen LogP contribution in [0.2, 0.25) is 0 Å². The van der Waals surface area contributed by atoms with Gasteiger partial charge in [0.05, 0.1) is 0 Å². The van der Waals surface area contributed by atoms with Crippen molar-refractivity contribution in [1.29, 1.82) is 0 Å². The number of hydrogen-bond donors (Lipinski definition) is 2. The van der Waals surface area contributed by atoms with Gasteiger partial charge in [0.25, 0.3) is 0 Å². The predicted molar refractivity (Wildman–Crippen MR) is 123 cm³/mol. The first-order valence-corrected chi connectivity index (χ1v) is 10.8. The van der Waals surface area contributed by atoms with Crippen molar-refractivity contribution in [1.82, 2.24) is 4.90 Å². The van der Waals surface area contributed by atoms with E-state index in [9.17, 15) is 4.79 Å². The van der Waals surface area contributed by atoms with Crippen molar-refractivity contribution in [3.63, 3.8) is 0 Å². The van der Waals surface area contributed by atoms with Crippen LogP contribution in [0.1, 0.15) is 50.3 Å². The number of benzene rings is 2. The molecular weight excluding hydrogens is 406 g/mol. The molecule has 2 aliphatic heterocycles. The Balaban J connectivity index is 1.62. The molecular formula is C25H29N3O4. The Morgan fingerprint density at radius 2 is 1.78 bits per heavy atom. The van der Waals surface area contributed by atoms with Crippen molar-refractivity contribution in [2.24, 2.45) is 10.9 Å². The highest BCUT2D eigenvalue weighted by Gasteiger charge is 2.40. The molecule has 0 aliphatic carbocycles. The van der Waals surface area contributed by atoms with E-state index in [2.05, 4.69) is 11.2 Å². The Kier molecular flexibility index (Phi) is 5.59. The van der Waals surface area contributed by atoms with Gasteiger partial charge in [-0.15, -0.1) is 0 Å². The third-order valence-electron chi connectivity index (χ3n) is 5.76. The molecule has 32 heavy (non-hydrogen) atoms. The summed E-state index contributed by atoms with van der Waals surface area (Å²) >= 11 is 0. The second kappa shape index (κ2) is 8.22. The molecule has 1 spiro atoms. The van der Waals surface area contributed by atoms with Gasteiger partial charge < -0.3 is 25.3 Å². The second-order valence-electron chi connectivity index (χ2n) is 9.25. The SMILES string of the molecule is CC(C)(C)OC(=O)N1CCC2(C=C(c3ccc(/C(N)=N/O)cc3)c3ccccc3O2)CC1. The van der Waals surface area contributed by atoms with E-state index >= 15 is 0 Å². The molecule has 2 heterocycles. The first kappa shape index (κ1) is 21.7. The molecule has 168 valence electrons. The number of carbonyl (C=O) groups is 1. The average molecular weight is 436 g/mol. The minimum Gasteiger partial charge on any atom is -0.482 e. The average Bonchev–Trinajstić information content (AvgIpc) is 2.77. The lowest BCUT2D eigenvalue weighted by Gasteiger charge is -2.43. The molecule has 1 amide bonds. The number of hydrogen-bond acceptors (Lipinski definition) is 5. The summed E-state index contributed by atoms with van der Waals surface area (Å²) in [5.41, 5.74) is 8.46. The van der Waals surface area contributed by atoms with Crippen LogP contribution >= 0.6 is 0 Å². The van der Waals surface area contributed by atoms with Crippen molar-refractivity contribution in [3.8, 4) is 5.75 Å². The maximum atomic E-state index is 12.5. The van der Waals surface area contributed by atoms with E-state index < -0.39 is 11.2 Å². The quantitative estimate of drug-likeness (QED) is 0.316. The molecule has 0 radical (unpaired) electrons. The number of amidine groups is 1. The molecule has 0 unspecified atom stereocenters. The largest absolute Gasteiger partial charge is 0.482 e. The number of piperidine rings is 1. The van der Waals surface area contributed by atoms with Crippen LogP contribution in [0.4, 0.5) is 4.79 Å². The summed E-state index contributed by atoms with van der Waals surface area (Å²) in [4.78, 5) is 14.2. The van der Waals surface area contributed by atoms with Crippen LogP contribution in [0.3, 0.4) is 0 Å². The lowest BCUT2D eigenvalue weighted by Crippen LogP contribution is -2.50. The fourth-order valence-corrected chi connectivity index (χ4v) is 4.13. The molecule has 0 bridgehead atoms. The summed E-state index contributed by atoms with van der Waals surface area (Å²) in [6, 6.07) is 15.6. The molecule has 4 rings (SSSR count). The van der Waals surface area contributed by atoms with Crippen molar-refractivity contribution >= 4 is 17.5 Å². The number of oxime groups is 1. The Labute approximate surface area is 188 Å². The summed E-state index contributed by atoms with van der Waals surface area (Å²) in [6.07, 6.45) is 3.24. The van der Waals surface area contributed by atoms with Crippen LogP contribution in [0.15, 0.2) is 59.8 Å². The van der Waals surface area contributed by atoms with E-state index in [0.29, 0.717) is 31.5 Å². The lowest BCUT2D eigenvalue weighted by atomic mass is 9.83. The van der Waals surface area contributed by atoms with Gasteiger partial charge in [-0.3, -0.25) is 0 Å². The highest BCUT2D eigenvalue weighted by molar-refractivity contribution is 5.97. The predicted octanol–water partition coefficient (Wildman–Crippen LogP) is 4.37. The maximum absolute atomic E-state index is 12.5. The molecule has 2 aromatic rings. The van der Waals surface area contributed by atoms with E-state index in [1.165, 1.54) is 0 Å². The van der Waals surface area contributed by atoms with E-state index in [-0.39, 0.29) is 11.9 Å². The number of likely N-dealkylation sites (tertiary alicyclic amines) is 1. The van der Waals surface area contributed by atoms with Crippen LogP contribution in [-0.4, -0.2) is 46.3 Å². The van der Waals surface area contributed by atoms with Crippen LogP contribution in [0.5, 0.6) is 5.75 Å². The Hall–Kier alpha value is -3.48. The first-order valence-electron chi connectivity index (χ1n) is 10.8. The third-order valence-corrected chi connectivity index (χ3v) is 5.76. The van der Waals surface area contributed by atoms with Gasteiger partial charge in [0.15, 0.2) is 5.84 Å². The number of nitrogens with zero attached hydrogens (tertiary/aromatic N) is 2. The zero-order valence-electron chi connectivity index (χ0n) is 18.7. The van der Waals surface area contributed by atoms with Gasteiger partial charge in [-0.2, -0.15) is 0 Å². The number of amides is 1. The molecule has 1 saturated heterocycles. The number of ether oxygens (including phenoxy) is 2. The van der Waals surface area contributed by atoms with Crippen LogP contribution in [0.25, 0.3) is 5.57 Å². The summed E-state index contributed by atoms with van der Waals surface area (Å²) in [5, 5.41) is 12.0. The molecule has 2 aliphatic rings. The fraction of sp³-hybridized carbons (Fsp3) is 0.360. The number of carbonyl (C=O) groups excluding carboxylic acids is 1. The molecule has 7 heteroatoms. The molecule has 3 N–H and O–H groups in total. The van der Waals surface area contributed by atoms with Crippen molar-refractivity contribution in [2.45, 2.75) is 44.8 Å². The number of fused-ring (bicyclic) bond motifs is 1. The standard InChI is InChI=1S/C25H29N3O4/c1-24(2,3)32-23(29)28-14-12-25(13-15-28)16-20(19-6-4-5-7-21(19)31-25)17-8-10-18(11-9-17)22(26)27-30/h4-11,16,30H,12-15H2,1-3H3,(H2,26,27). The monoisotopic (exact) mass is 435 g/mol. The van der Waals surface area contributed by atoms with E-state index in [0.717, 1.165) is 22.4 Å². The molecule has 0 aromatic heterocycles.